The number of anilines is 1. The summed E-state index contributed by atoms with van der Waals surface area (Å²) >= 11 is 6.38. The van der Waals surface area contributed by atoms with Gasteiger partial charge in [-0.3, -0.25) is 4.98 Å². The fourth-order valence-electron chi connectivity index (χ4n) is 3.78. The maximum Gasteiger partial charge on any atom is 0.410 e. The minimum atomic E-state index is -0.528. The highest BCUT2D eigenvalue weighted by atomic mass is 35.5. The normalized spacial score (nSPS) is 17.0. The molecule has 1 amide bonds. The zero-order valence-electron chi connectivity index (χ0n) is 18.9. The van der Waals surface area contributed by atoms with E-state index in [1.54, 1.807) is 30.3 Å². The molecule has 9 heteroatoms. The maximum absolute atomic E-state index is 12.5. The Hall–Kier alpha value is -3.00. The molecule has 0 aliphatic carbocycles. The minimum absolute atomic E-state index is 0.00682. The summed E-state index contributed by atoms with van der Waals surface area (Å²) in [6, 6.07) is 7.69. The van der Waals surface area contributed by atoms with Gasteiger partial charge in [-0.25, -0.2) is 4.79 Å². The lowest BCUT2D eigenvalue weighted by molar-refractivity contribution is 0.0216. The van der Waals surface area contributed by atoms with Gasteiger partial charge in [0.2, 0.25) is 0 Å². The number of hydrogen-bond donors (Lipinski definition) is 0. The molecule has 3 heterocycles. The SMILES string of the molecule is COc1cccnc1-c1cc(Cl)cc2nc(N3CCN(C(=O)OC(C)(C)C)C[C@@H]3C)oc12. The van der Waals surface area contributed by atoms with Crippen molar-refractivity contribution in [1.82, 2.24) is 14.9 Å². The molecular weight excluding hydrogens is 432 g/mol. The number of methoxy groups -OCH3 is 1. The number of rotatable bonds is 3. The van der Waals surface area contributed by atoms with Crippen LogP contribution in [0.4, 0.5) is 10.8 Å². The first kappa shape index (κ1) is 22.2. The lowest BCUT2D eigenvalue weighted by Gasteiger charge is -2.39. The molecule has 0 radical (unpaired) electrons. The van der Waals surface area contributed by atoms with Gasteiger partial charge in [0.1, 0.15) is 22.6 Å². The second kappa shape index (κ2) is 8.50. The number of aromatic nitrogens is 2. The van der Waals surface area contributed by atoms with Gasteiger partial charge in [-0.2, -0.15) is 4.98 Å². The number of oxazole rings is 1. The summed E-state index contributed by atoms with van der Waals surface area (Å²) in [5.74, 6) is 0.619. The lowest BCUT2D eigenvalue weighted by atomic mass is 10.1. The van der Waals surface area contributed by atoms with Crippen LogP contribution in [-0.4, -0.2) is 59.3 Å². The van der Waals surface area contributed by atoms with Crippen LogP contribution in [0.1, 0.15) is 27.7 Å². The first-order valence-corrected chi connectivity index (χ1v) is 10.9. The highest BCUT2D eigenvalue weighted by Crippen LogP contribution is 2.38. The van der Waals surface area contributed by atoms with E-state index in [0.717, 1.165) is 0 Å². The number of piperazine rings is 1. The van der Waals surface area contributed by atoms with Crippen molar-refractivity contribution in [2.45, 2.75) is 39.3 Å². The van der Waals surface area contributed by atoms with Crippen LogP contribution in [0.15, 0.2) is 34.9 Å². The van der Waals surface area contributed by atoms with Crippen molar-refractivity contribution in [1.29, 1.82) is 0 Å². The first-order valence-electron chi connectivity index (χ1n) is 10.5. The zero-order chi connectivity index (χ0) is 23.0. The molecule has 170 valence electrons. The molecular formula is C23H27ClN4O4. The number of hydrogen-bond acceptors (Lipinski definition) is 7. The van der Waals surface area contributed by atoms with Crippen LogP contribution in [0, 0.1) is 0 Å². The Morgan fingerprint density at radius 1 is 1.28 bits per heavy atom. The van der Waals surface area contributed by atoms with Crippen LogP contribution < -0.4 is 9.64 Å². The summed E-state index contributed by atoms with van der Waals surface area (Å²) in [7, 11) is 1.60. The molecule has 1 aromatic carbocycles. The van der Waals surface area contributed by atoms with Crippen molar-refractivity contribution >= 4 is 34.8 Å². The predicted octanol–water partition coefficient (Wildman–Crippen LogP) is 5.00. The van der Waals surface area contributed by atoms with Crippen molar-refractivity contribution in [2.24, 2.45) is 0 Å². The highest BCUT2D eigenvalue weighted by Gasteiger charge is 2.32. The Labute approximate surface area is 192 Å². The van der Waals surface area contributed by atoms with Gasteiger partial charge in [0.15, 0.2) is 5.58 Å². The molecule has 0 N–H and O–H groups in total. The number of carbonyl (C=O) groups is 1. The second-order valence-electron chi connectivity index (χ2n) is 8.82. The van der Waals surface area contributed by atoms with E-state index >= 15 is 0 Å². The molecule has 3 aromatic rings. The Morgan fingerprint density at radius 2 is 2.06 bits per heavy atom. The van der Waals surface area contributed by atoms with E-state index in [-0.39, 0.29) is 12.1 Å². The van der Waals surface area contributed by atoms with Crippen LogP contribution in [0.2, 0.25) is 5.02 Å². The van der Waals surface area contributed by atoms with Crippen molar-refractivity contribution in [3.63, 3.8) is 0 Å². The standard InChI is InChI=1S/C23H27ClN4O4/c1-14-13-27(22(29)32-23(2,3)4)9-10-28(14)21-26-17-12-15(24)11-16(20(17)31-21)19-18(30-5)7-6-8-25-19/h6-8,11-12,14H,9-10,13H2,1-5H3/t14-/m0/s1. The predicted molar refractivity (Wildman–Crippen MR) is 123 cm³/mol. The fraction of sp³-hybridized carbons (Fsp3) is 0.435. The van der Waals surface area contributed by atoms with Crippen molar-refractivity contribution < 1.29 is 18.7 Å². The van der Waals surface area contributed by atoms with E-state index in [1.807, 2.05) is 44.7 Å². The average Bonchev–Trinajstić information content (AvgIpc) is 3.15. The number of halogens is 1. The van der Waals surface area contributed by atoms with Gasteiger partial charge in [-0.1, -0.05) is 11.6 Å². The summed E-state index contributed by atoms with van der Waals surface area (Å²) in [4.78, 5) is 25.4. The number of nitrogens with zero attached hydrogens (tertiary/aromatic N) is 4. The molecule has 0 unspecified atom stereocenters. The van der Waals surface area contributed by atoms with E-state index in [9.17, 15) is 4.79 Å². The van der Waals surface area contributed by atoms with Gasteiger partial charge in [-0.15, -0.1) is 0 Å². The molecule has 0 spiro atoms. The van der Waals surface area contributed by atoms with Gasteiger partial charge >= 0.3 is 6.09 Å². The van der Waals surface area contributed by atoms with Crippen molar-refractivity contribution in [3.8, 4) is 17.0 Å². The van der Waals surface area contributed by atoms with Gasteiger partial charge in [0.25, 0.3) is 6.01 Å². The Balaban J connectivity index is 1.63. The third-order valence-electron chi connectivity index (χ3n) is 5.21. The van der Waals surface area contributed by atoms with Crippen molar-refractivity contribution in [2.75, 3.05) is 31.6 Å². The summed E-state index contributed by atoms with van der Waals surface area (Å²) < 4.78 is 17.2. The molecule has 1 atom stereocenters. The van der Waals surface area contributed by atoms with Crippen molar-refractivity contribution in [3.05, 3.63) is 35.5 Å². The Bertz CT molecular complexity index is 1140. The topological polar surface area (TPSA) is 80.9 Å². The molecule has 1 fully saturated rings. The Morgan fingerprint density at radius 3 is 2.75 bits per heavy atom. The number of ether oxygens (including phenoxy) is 2. The van der Waals surface area contributed by atoms with E-state index in [1.165, 1.54) is 0 Å². The number of benzene rings is 1. The molecule has 0 saturated carbocycles. The summed E-state index contributed by atoms with van der Waals surface area (Å²) in [5, 5.41) is 0.530. The third-order valence-corrected chi connectivity index (χ3v) is 5.43. The molecule has 1 saturated heterocycles. The molecule has 4 rings (SSSR count). The maximum atomic E-state index is 12.5. The van der Waals surface area contributed by atoms with E-state index in [2.05, 4.69) is 4.98 Å². The van der Waals surface area contributed by atoms with Gasteiger partial charge in [0.05, 0.1) is 12.7 Å². The molecule has 1 aliphatic heterocycles. The Kier molecular flexibility index (Phi) is 5.90. The monoisotopic (exact) mass is 458 g/mol. The van der Waals surface area contributed by atoms with Crippen LogP contribution in [0.3, 0.4) is 0 Å². The number of amides is 1. The average molecular weight is 459 g/mol. The molecule has 8 nitrogen and oxygen atoms in total. The van der Waals surface area contributed by atoms with Crippen LogP contribution in [-0.2, 0) is 4.74 Å². The van der Waals surface area contributed by atoms with Crippen LogP contribution >= 0.6 is 11.6 Å². The van der Waals surface area contributed by atoms with E-state index in [4.69, 9.17) is 30.5 Å². The quantitative estimate of drug-likeness (QED) is 0.546. The summed E-state index contributed by atoms with van der Waals surface area (Å²) in [5.41, 5.74) is 2.04. The van der Waals surface area contributed by atoms with E-state index in [0.29, 0.717) is 58.8 Å². The van der Waals surface area contributed by atoms with E-state index < -0.39 is 5.60 Å². The summed E-state index contributed by atoms with van der Waals surface area (Å²) in [6.07, 6.45) is 1.39. The second-order valence-corrected chi connectivity index (χ2v) is 9.26. The molecule has 0 bridgehead atoms. The molecule has 32 heavy (non-hydrogen) atoms. The lowest BCUT2D eigenvalue weighted by Crippen LogP contribution is -2.54. The highest BCUT2D eigenvalue weighted by molar-refractivity contribution is 6.31. The zero-order valence-corrected chi connectivity index (χ0v) is 19.6. The largest absolute Gasteiger partial charge is 0.494 e. The minimum Gasteiger partial charge on any atom is -0.494 e. The fourth-order valence-corrected chi connectivity index (χ4v) is 3.99. The smallest absolute Gasteiger partial charge is 0.410 e. The number of fused-ring (bicyclic) bond motifs is 1. The van der Waals surface area contributed by atoms with Crippen LogP contribution in [0.25, 0.3) is 22.4 Å². The molecule has 2 aromatic heterocycles. The van der Waals surface area contributed by atoms with Gasteiger partial charge < -0.3 is 23.7 Å². The summed E-state index contributed by atoms with van der Waals surface area (Å²) in [6.45, 7) is 9.21. The van der Waals surface area contributed by atoms with Gasteiger partial charge in [-0.05, 0) is 52.0 Å². The third kappa shape index (κ3) is 4.46. The van der Waals surface area contributed by atoms with Gasteiger partial charge in [0, 0.05) is 36.9 Å². The number of pyridine rings is 1. The number of carbonyl (C=O) groups excluding carboxylic acids is 1. The van der Waals surface area contributed by atoms with Crippen LogP contribution in [0.5, 0.6) is 5.75 Å². The molecule has 1 aliphatic rings. The first-order chi connectivity index (χ1) is 15.2.